The molecule has 0 fully saturated rings. The van der Waals surface area contributed by atoms with Crippen LogP contribution < -0.4 is 10.1 Å². The fraction of sp³-hybridized carbons (Fsp3) is 0.462. The first-order valence-electron chi connectivity index (χ1n) is 11.4. The van der Waals surface area contributed by atoms with Crippen LogP contribution in [0.25, 0.3) is 10.9 Å². The van der Waals surface area contributed by atoms with Crippen LogP contribution in [0.1, 0.15) is 68.6 Å². The first-order valence-corrected chi connectivity index (χ1v) is 11.4. The average molecular weight is 492 g/mol. The Morgan fingerprint density at radius 1 is 1.17 bits per heavy atom. The molecule has 5 nitrogen and oxygen atoms in total. The maximum atomic E-state index is 14.5. The fourth-order valence-electron chi connectivity index (χ4n) is 5.27. The van der Waals surface area contributed by atoms with Crippen LogP contribution in [-0.2, 0) is 5.41 Å². The molecule has 1 aliphatic rings. The van der Waals surface area contributed by atoms with E-state index >= 15 is 0 Å². The molecule has 0 radical (unpaired) electrons. The van der Waals surface area contributed by atoms with Crippen LogP contribution in [0.2, 0.25) is 0 Å². The predicted molar refractivity (Wildman–Crippen MR) is 126 cm³/mol. The molecule has 0 saturated heterocycles. The van der Waals surface area contributed by atoms with Gasteiger partial charge >= 0.3 is 6.18 Å². The number of fused-ring (bicyclic) bond motifs is 2. The summed E-state index contributed by atoms with van der Waals surface area (Å²) in [7, 11) is 1.50. The number of halogens is 4. The van der Waals surface area contributed by atoms with Crippen LogP contribution in [0.5, 0.6) is 5.75 Å². The van der Waals surface area contributed by atoms with Crippen molar-refractivity contribution in [2.75, 3.05) is 12.4 Å². The van der Waals surface area contributed by atoms with Gasteiger partial charge in [0, 0.05) is 22.8 Å². The van der Waals surface area contributed by atoms with Crippen molar-refractivity contribution in [1.29, 1.82) is 0 Å². The summed E-state index contributed by atoms with van der Waals surface area (Å²) in [6.07, 6.45) is -4.18. The molecule has 2 atom stereocenters. The number of methoxy groups -OCH3 is 1. The molecule has 0 amide bonds. The summed E-state index contributed by atoms with van der Waals surface area (Å²) in [6, 6.07) is 4.25. The van der Waals surface area contributed by atoms with Gasteiger partial charge in [-0.25, -0.2) is 14.4 Å². The van der Waals surface area contributed by atoms with Gasteiger partial charge in [0.1, 0.15) is 22.9 Å². The van der Waals surface area contributed by atoms with E-state index in [0.29, 0.717) is 17.1 Å². The molecule has 2 aromatic carbocycles. The van der Waals surface area contributed by atoms with Crippen molar-refractivity contribution in [3.8, 4) is 5.75 Å². The SMILES string of the molecule is COc1c(C(C)C)ccc2c1C(C)(C)CC(O)(C(F)(F)F)C2Nc1ccc(F)c2nc(C)ncc12. The zero-order valence-electron chi connectivity index (χ0n) is 20.5. The molecule has 188 valence electrons. The zero-order chi connectivity index (χ0) is 25.9. The largest absolute Gasteiger partial charge is 0.496 e. The van der Waals surface area contributed by atoms with Crippen molar-refractivity contribution < 1.29 is 27.4 Å². The number of aliphatic hydroxyl groups is 1. The summed E-state index contributed by atoms with van der Waals surface area (Å²) < 4.78 is 63.8. The molecule has 1 aromatic heterocycles. The summed E-state index contributed by atoms with van der Waals surface area (Å²) in [4.78, 5) is 8.20. The third kappa shape index (κ3) is 3.99. The molecule has 0 bridgehead atoms. The minimum absolute atomic E-state index is 0.0119. The van der Waals surface area contributed by atoms with Gasteiger partial charge in [-0.15, -0.1) is 0 Å². The highest BCUT2D eigenvalue weighted by atomic mass is 19.4. The van der Waals surface area contributed by atoms with E-state index in [2.05, 4.69) is 15.3 Å². The molecule has 2 N–H and O–H groups in total. The Hall–Kier alpha value is -2.94. The molecule has 0 aliphatic heterocycles. The second-order valence-electron chi connectivity index (χ2n) is 10.1. The summed E-state index contributed by atoms with van der Waals surface area (Å²) in [5.41, 5.74) is -2.25. The topological polar surface area (TPSA) is 67.3 Å². The molecule has 35 heavy (non-hydrogen) atoms. The Labute approximate surface area is 201 Å². The molecule has 1 aliphatic carbocycles. The van der Waals surface area contributed by atoms with Gasteiger partial charge in [-0.05, 0) is 47.9 Å². The third-order valence-corrected chi connectivity index (χ3v) is 6.84. The van der Waals surface area contributed by atoms with Crippen LogP contribution in [-0.4, -0.2) is 34.0 Å². The Balaban J connectivity index is 1.99. The molecular weight excluding hydrogens is 462 g/mol. The molecule has 0 spiro atoms. The summed E-state index contributed by atoms with van der Waals surface area (Å²) in [5, 5.41) is 14.4. The Morgan fingerprint density at radius 3 is 2.46 bits per heavy atom. The number of benzene rings is 2. The number of aryl methyl sites for hydroxylation is 1. The second kappa shape index (κ2) is 8.33. The minimum Gasteiger partial charge on any atom is -0.496 e. The molecule has 3 aromatic rings. The van der Waals surface area contributed by atoms with Crippen LogP contribution >= 0.6 is 0 Å². The highest BCUT2D eigenvalue weighted by Crippen LogP contribution is 2.57. The van der Waals surface area contributed by atoms with Crippen LogP contribution in [0.15, 0.2) is 30.5 Å². The smallest absolute Gasteiger partial charge is 0.419 e. The zero-order valence-corrected chi connectivity index (χ0v) is 20.5. The van der Waals surface area contributed by atoms with Crippen LogP contribution in [0, 0.1) is 12.7 Å². The van der Waals surface area contributed by atoms with Crippen molar-refractivity contribution in [2.45, 2.75) is 70.2 Å². The summed E-state index contributed by atoms with van der Waals surface area (Å²) >= 11 is 0. The molecule has 4 rings (SSSR count). The van der Waals surface area contributed by atoms with E-state index in [9.17, 15) is 22.7 Å². The van der Waals surface area contributed by atoms with Gasteiger partial charge in [0.2, 0.25) is 0 Å². The van der Waals surface area contributed by atoms with E-state index in [1.54, 1.807) is 32.9 Å². The Morgan fingerprint density at radius 2 is 1.86 bits per heavy atom. The first kappa shape index (κ1) is 25.2. The highest BCUT2D eigenvalue weighted by Gasteiger charge is 2.64. The molecule has 2 unspecified atom stereocenters. The van der Waals surface area contributed by atoms with Crippen molar-refractivity contribution in [3.05, 3.63) is 58.8 Å². The van der Waals surface area contributed by atoms with Crippen LogP contribution in [0.3, 0.4) is 0 Å². The second-order valence-corrected chi connectivity index (χ2v) is 10.1. The van der Waals surface area contributed by atoms with Gasteiger partial charge < -0.3 is 15.2 Å². The van der Waals surface area contributed by atoms with Crippen LogP contribution in [0.4, 0.5) is 23.2 Å². The first-order chi connectivity index (χ1) is 16.2. The lowest BCUT2D eigenvalue weighted by Gasteiger charge is -2.49. The normalized spacial score (nSPS) is 21.8. The number of alkyl halides is 3. The Bertz CT molecular complexity index is 1290. The van der Waals surface area contributed by atoms with E-state index in [0.717, 1.165) is 11.6 Å². The van der Waals surface area contributed by atoms with Crippen molar-refractivity contribution >= 4 is 16.6 Å². The quantitative estimate of drug-likeness (QED) is 0.417. The molecular formula is C26H29F4N3O2. The third-order valence-electron chi connectivity index (χ3n) is 6.84. The lowest BCUT2D eigenvalue weighted by molar-refractivity contribution is -0.275. The monoisotopic (exact) mass is 491 g/mol. The van der Waals surface area contributed by atoms with Gasteiger partial charge in [-0.3, -0.25) is 0 Å². The van der Waals surface area contributed by atoms with E-state index in [-0.39, 0.29) is 28.1 Å². The number of hydrogen-bond donors (Lipinski definition) is 2. The van der Waals surface area contributed by atoms with Gasteiger partial charge in [0.15, 0.2) is 5.60 Å². The lowest BCUT2D eigenvalue weighted by Crippen LogP contribution is -2.58. The Kier molecular flexibility index (Phi) is 5.99. The fourth-order valence-corrected chi connectivity index (χ4v) is 5.27. The lowest BCUT2D eigenvalue weighted by atomic mass is 9.62. The van der Waals surface area contributed by atoms with E-state index in [1.807, 2.05) is 13.8 Å². The highest BCUT2D eigenvalue weighted by molar-refractivity contribution is 5.91. The number of hydrogen-bond acceptors (Lipinski definition) is 5. The van der Waals surface area contributed by atoms with Crippen molar-refractivity contribution in [1.82, 2.24) is 9.97 Å². The number of rotatable bonds is 4. The number of nitrogens with zero attached hydrogens (tertiary/aromatic N) is 2. The standard InChI is InChI=1S/C26H29F4N3O2/c1-13(2)15-7-8-16-20(22(15)35-6)24(4,5)12-25(34,26(28,29)30)23(16)33-19-10-9-18(27)21-17(19)11-31-14(3)32-21/h7-11,13,23,33-34H,12H2,1-6H3. The number of anilines is 1. The van der Waals surface area contributed by atoms with Crippen molar-refractivity contribution in [2.24, 2.45) is 0 Å². The molecule has 1 heterocycles. The van der Waals surface area contributed by atoms with E-state index in [1.165, 1.54) is 19.4 Å². The minimum atomic E-state index is -4.95. The maximum absolute atomic E-state index is 14.5. The summed E-state index contributed by atoms with van der Waals surface area (Å²) in [6.45, 7) is 8.91. The van der Waals surface area contributed by atoms with E-state index < -0.39 is 35.5 Å². The van der Waals surface area contributed by atoms with Crippen molar-refractivity contribution in [3.63, 3.8) is 0 Å². The van der Waals surface area contributed by atoms with Gasteiger partial charge in [0.25, 0.3) is 0 Å². The number of aromatic nitrogens is 2. The number of ether oxygens (including phenoxy) is 1. The number of nitrogens with one attached hydrogen (secondary N) is 1. The molecule has 9 heteroatoms. The molecule has 0 saturated carbocycles. The maximum Gasteiger partial charge on any atom is 0.419 e. The van der Waals surface area contributed by atoms with E-state index in [4.69, 9.17) is 4.74 Å². The van der Waals surface area contributed by atoms with Gasteiger partial charge in [-0.2, -0.15) is 13.2 Å². The van der Waals surface area contributed by atoms with Gasteiger partial charge in [0.05, 0.1) is 13.2 Å². The van der Waals surface area contributed by atoms with Gasteiger partial charge in [-0.1, -0.05) is 39.8 Å². The predicted octanol–water partition coefficient (Wildman–Crippen LogP) is 6.34. The summed E-state index contributed by atoms with van der Waals surface area (Å²) in [5.74, 6) is 0.301. The average Bonchev–Trinajstić information content (AvgIpc) is 2.76.